The van der Waals surface area contributed by atoms with Crippen LogP contribution in [0.5, 0.6) is 5.75 Å². The number of fused-ring (bicyclic) bond motifs is 2. The van der Waals surface area contributed by atoms with Crippen LogP contribution in [0.15, 0.2) is 42.5 Å². The van der Waals surface area contributed by atoms with Crippen molar-refractivity contribution in [1.82, 2.24) is 4.90 Å². The van der Waals surface area contributed by atoms with E-state index in [-0.39, 0.29) is 43.2 Å². The van der Waals surface area contributed by atoms with Crippen molar-refractivity contribution in [3.8, 4) is 5.75 Å². The number of rotatable bonds is 7. The highest BCUT2D eigenvalue weighted by atomic mass is 16.5. The number of nitrogens with zero attached hydrogens (tertiary/aromatic N) is 2. The van der Waals surface area contributed by atoms with E-state index in [9.17, 15) is 19.2 Å². The molecule has 1 N–H and O–H groups in total. The average molecular weight is 435 g/mol. The van der Waals surface area contributed by atoms with Gasteiger partial charge in [-0.2, -0.15) is 0 Å². The van der Waals surface area contributed by atoms with Crippen molar-refractivity contribution in [3.63, 3.8) is 0 Å². The molecule has 8 heteroatoms. The third-order valence-corrected chi connectivity index (χ3v) is 5.40. The summed E-state index contributed by atoms with van der Waals surface area (Å²) in [4.78, 5) is 52.2. The SMILES string of the molecule is CC(C)CN1C(=O)COc2cc(NC(=O)CCCN3C(=O)c4ccccc4C3=O)ccc21. The molecule has 0 spiro atoms. The zero-order chi connectivity index (χ0) is 22.8. The van der Waals surface area contributed by atoms with Gasteiger partial charge in [0.1, 0.15) is 5.75 Å². The lowest BCUT2D eigenvalue weighted by Crippen LogP contribution is -2.40. The summed E-state index contributed by atoms with van der Waals surface area (Å²) in [7, 11) is 0. The molecule has 0 atom stereocenters. The van der Waals surface area contributed by atoms with E-state index in [1.54, 1.807) is 47.4 Å². The molecule has 8 nitrogen and oxygen atoms in total. The summed E-state index contributed by atoms with van der Waals surface area (Å²) in [6.07, 6.45) is 0.513. The zero-order valence-corrected chi connectivity index (χ0v) is 18.1. The fourth-order valence-electron chi connectivity index (χ4n) is 3.91. The summed E-state index contributed by atoms with van der Waals surface area (Å²) < 4.78 is 5.55. The van der Waals surface area contributed by atoms with Crippen molar-refractivity contribution in [2.24, 2.45) is 5.92 Å². The van der Waals surface area contributed by atoms with Gasteiger partial charge >= 0.3 is 0 Å². The van der Waals surface area contributed by atoms with Crippen molar-refractivity contribution in [2.45, 2.75) is 26.7 Å². The number of amides is 4. The van der Waals surface area contributed by atoms with Gasteiger partial charge in [0, 0.05) is 31.3 Å². The van der Waals surface area contributed by atoms with Crippen LogP contribution in [-0.4, -0.2) is 48.2 Å². The number of carbonyl (C=O) groups is 4. The van der Waals surface area contributed by atoms with Crippen molar-refractivity contribution < 1.29 is 23.9 Å². The zero-order valence-electron chi connectivity index (χ0n) is 18.1. The van der Waals surface area contributed by atoms with Gasteiger partial charge in [-0.25, -0.2) is 0 Å². The molecule has 4 rings (SSSR count). The van der Waals surface area contributed by atoms with E-state index in [4.69, 9.17) is 4.74 Å². The van der Waals surface area contributed by atoms with Crippen LogP contribution in [0.25, 0.3) is 0 Å². The third-order valence-electron chi connectivity index (χ3n) is 5.40. The van der Waals surface area contributed by atoms with Crippen LogP contribution in [0.1, 0.15) is 47.4 Å². The number of anilines is 2. The Morgan fingerprint density at radius 3 is 2.38 bits per heavy atom. The molecule has 0 unspecified atom stereocenters. The highest BCUT2D eigenvalue weighted by Gasteiger charge is 2.34. The van der Waals surface area contributed by atoms with Gasteiger partial charge in [-0.1, -0.05) is 26.0 Å². The second-order valence-corrected chi connectivity index (χ2v) is 8.33. The molecule has 2 aliphatic rings. The van der Waals surface area contributed by atoms with Gasteiger partial charge < -0.3 is 15.0 Å². The first kappa shape index (κ1) is 21.5. The first-order valence-electron chi connectivity index (χ1n) is 10.7. The van der Waals surface area contributed by atoms with Gasteiger partial charge in [-0.3, -0.25) is 24.1 Å². The lowest BCUT2D eigenvalue weighted by atomic mass is 10.1. The Balaban J connectivity index is 1.33. The first-order chi connectivity index (χ1) is 15.3. The second kappa shape index (κ2) is 8.82. The van der Waals surface area contributed by atoms with E-state index >= 15 is 0 Å². The standard InChI is InChI=1S/C24H25N3O5/c1-15(2)13-27-19-10-9-16(12-20(19)32-14-22(27)29)25-21(28)8-5-11-26-23(30)17-6-3-4-7-18(17)24(26)31/h3-4,6-7,9-10,12,15H,5,8,11,13-14H2,1-2H3,(H,25,28). The van der Waals surface area contributed by atoms with Crippen molar-refractivity contribution in [3.05, 3.63) is 53.6 Å². The molecule has 0 fully saturated rings. The summed E-state index contributed by atoms with van der Waals surface area (Å²) in [6, 6.07) is 11.9. The van der Waals surface area contributed by atoms with Gasteiger partial charge in [-0.15, -0.1) is 0 Å². The number of ether oxygens (including phenoxy) is 1. The highest BCUT2D eigenvalue weighted by Crippen LogP contribution is 2.35. The Kier molecular flexibility index (Phi) is 5.94. The van der Waals surface area contributed by atoms with E-state index in [2.05, 4.69) is 5.32 Å². The lowest BCUT2D eigenvalue weighted by molar-refractivity contribution is -0.121. The molecule has 0 saturated carbocycles. The number of benzene rings is 2. The monoisotopic (exact) mass is 435 g/mol. The Labute approximate surface area is 186 Å². The predicted octanol–water partition coefficient (Wildman–Crippen LogP) is 3.08. The topological polar surface area (TPSA) is 96.0 Å². The van der Waals surface area contributed by atoms with Gasteiger partial charge in [0.05, 0.1) is 16.8 Å². The molecule has 2 aromatic rings. The molecule has 2 aromatic carbocycles. The van der Waals surface area contributed by atoms with E-state index < -0.39 is 0 Å². The molecule has 2 aliphatic heterocycles. The van der Waals surface area contributed by atoms with Gasteiger partial charge in [0.15, 0.2) is 6.61 Å². The van der Waals surface area contributed by atoms with E-state index in [1.165, 1.54) is 4.90 Å². The summed E-state index contributed by atoms with van der Waals surface area (Å²) in [6.45, 7) is 4.83. The average Bonchev–Trinajstić information content (AvgIpc) is 3.00. The van der Waals surface area contributed by atoms with Crippen LogP contribution >= 0.6 is 0 Å². The predicted molar refractivity (Wildman–Crippen MR) is 119 cm³/mol. The minimum atomic E-state index is -0.321. The first-order valence-corrected chi connectivity index (χ1v) is 10.7. The maximum absolute atomic E-state index is 12.4. The molecule has 0 aromatic heterocycles. The fourth-order valence-corrected chi connectivity index (χ4v) is 3.91. The van der Waals surface area contributed by atoms with Gasteiger partial charge in [0.2, 0.25) is 5.91 Å². The second-order valence-electron chi connectivity index (χ2n) is 8.33. The number of hydrogen-bond acceptors (Lipinski definition) is 5. The van der Waals surface area contributed by atoms with Crippen LogP contribution in [0.2, 0.25) is 0 Å². The minimum Gasteiger partial charge on any atom is -0.481 e. The normalized spacial score (nSPS) is 15.0. The minimum absolute atomic E-state index is 0.0304. The van der Waals surface area contributed by atoms with E-state index in [0.717, 1.165) is 0 Å². The summed E-state index contributed by atoms with van der Waals surface area (Å²) in [5.74, 6) is -0.0965. The summed E-state index contributed by atoms with van der Waals surface area (Å²) in [5, 5.41) is 2.81. The molecule has 0 aliphatic carbocycles. The Bertz CT molecular complexity index is 1060. The smallest absolute Gasteiger partial charge is 0.265 e. The van der Waals surface area contributed by atoms with Gasteiger partial charge in [0.25, 0.3) is 17.7 Å². The largest absolute Gasteiger partial charge is 0.481 e. The molecule has 2 heterocycles. The van der Waals surface area contributed by atoms with Crippen molar-refractivity contribution >= 4 is 35.0 Å². The molecule has 166 valence electrons. The quantitative estimate of drug-likeness (QED) is 0.675. The van der Waals surface area contributed by atoms with Crippen LogP contribution < -0.4 is 15.0 Å². The maximum atomic E-state index is 12.4. The molecule has 0 radical (unpaired) electrons. The van der Waals surface area contributed by atoms with E-state index in [0.29, 0.717) is 47.1 Å². The van der Waals surface area contributed by atoms with Crippen LogP contribution in [-0.2, 0) is 9.59 Å². The Hall–Kier alpha value is -3.68. The molecule has 32 heavy (non-hydrogen) atoms. The Morgan fingerprint density at radius 1 is 1.03 bits per heavy atom. The molecular weight excluding hydrogens is 410 g/mol. The molecule has 4 amide bonds. The summed E-state index contributed by atoms with van der Waals surface area (Å²) >= 11 is 0. The maximum Gasteiger partial charge on any atom is 0.265 e. The van der Waals surface area contributed by atoms with Crippen LogP contribution in [0.4, 0.5) is 11.4 Å². The molecule has 0 bridgehead atoms. The summed E-state index contributed by atoms with van der Waals surface area (Å²) in [5.41, 5.74) is 2.06. The molecule has 0 saturated heterocycles. The van der Waals surface area contributed by atoms with Gasteiger partial charge in [-0.05, 0) is 36.6 Å². The number of hydrogen-bond donors (Lipinski definition) is 1. The lowest BCUT2D eigenvalue weighted by Gasteiger charge is -2.31. The number of nitrogens with one attached hydrogen (secondary N) is 1. The van der Waals surface area contributed by atoms with E-state index in [1.807, 2.05) is 13.8 Å². The third kappa shape index (κ3) is 4.21. The van der Waals surface area contributed by atoms with Crippen LogP contribution in [0.3, 0.4) is 0 Å². The van der Waals surface area contributed by atoms with Crippen molar-refractivity contribution in [2.75, 3.05) is 29.9 Å². The number of imide groups is 1. The van der Waals surface area contributed by atoms with Crippen molar-refractivity contribution in [1.29, 1.82) is 0 Å². The highest BCUT2D eigenvalue weighted by molar-refractivity contribution is 6.21. The Morgan fingerprint density at radius 2 is 1.72 bits per heavy atom. The molecular formula is C24H25N3O5. The fraction of sp³-hybridized carbons (Fsp3) is 0.333. The van der Waals surface area contributed by atoms with Crippen LogP contribution in [0, 0.1) is 5.92 Å². The number of carbonyl (C=O) groups excluding carboxylic acids is 4.